The smallest absolute Gasteiger partial charge is 0.262 e. The van der Waals surface area contributed by atoms with Gasteiger partial charge in [0.2, 0.25) is 0 Å². The van der Waals surface area contributed by atoms with Crippen molar-refractivity contribution in [2.24, 2.45) is 0 Å². The third kappa shape index (κ3) is 4.14. The van der Waals surface area contributed by atoms with Crippen molar-refractivity contribution in [1.29, 1.82) is 0 Å². The highest BCUT2D eigenvalue weighted by molar-refractivity contribution is 5.91. The van der Waals surface area contributed by atoms with E-state index in [2.05, 4.69) is 15.3 Å². The van der Waals surface area contributed by atoms with Crippen LogP contribution in [0.3, 0.4) is 0 Å². The number of hydrogen-bond acceptors (Lipinski definition) is 4. The molecule has 1 heterocycles. The summed E-state index contributed by atoms with van der Waals surface area (Å²) in [6, 6.07) is 18.8. The molecule has 114 valence electrons. The van der Waals surface area contributed by atoms with Gasteiger partial charge in [0.1, 0.15) is 5.75 Å². The van der Waals surface area contributed by atoms with E-state index in [0.29, 0.717) is 17.3 Å². The molecule has 3 rings (SSSR count). The second kappa shape index (κ2) is 7.17. The number of rotatable bonds is 5. The molecular formula is C18H15N3O2. The van der Waals surface area contributed by atoms with E-state index in [-0.39, 0.29) is 12.5 Å². The molecule has 0 spiro atoms. The summed E-state index contributed by atoms with van der Waals surface area (Å²) >= 11 is 0. The number of hydrogen-bond donors (Lipinski definition) is 1. The number of carbonyl (C=O) groups excluding carboxylic acids is 1. The van der Waals surface area contributed by atoms with Gasteiger partial charge in [-0.3, -0.25) is 4.79 Å². The molecule has 0 saturated heterocycles. The summed E-state index contributed by atoms with van der Waals surface area (Å²) in [5.41, 5.74) is 1.46. The van der Waals surface area contributed by atoms with Crippen LogP contribution in [0.2, 0.25) is 0 Å². The summed E-state index contributed by atoms with van der Waals surface area (Å²) in [7, 11) is 0. The highest BCUT2D eigenvalue weighted by Crippen LogP contribution is 2.15. The molecule has 0 saturated carbocycles. The van der Waals surface area contributed by atoms with Crippen LogP contribution in [0, 0.1) is 0 Å². The molecule has 23 heavy (non-hydrogen) atoms. The van der Waals surface area contributed by atoms with Gasteiger partial charge >= 0.3 is 0 Å². The summed E-state index contributed by atoms with van der Waals surface area (Å²) in [6.07, 6.45) is 3.16. The summed E-state index contributed by atoms with van der Waals surface area (Å²) in [5, 5.41) is 2.70. The predicted molar refractivity (Wildman–Crippen MR) is 88.0 cm³/mol. The molecule has 5 heteroatoms. The number of aromatic nitrogens is 2. The van der Waals surface area contributed by atoms with Crippen molar-refractivity contribution < 1.29 is 9.53 Å². The van der Waals surface area contributed by atoms with Gasteiger partial charge in [-0.15, -0.1) is 0 Å². The fraction of sp³-hybridized carbons (Fsp3) is 0.0556. The van der Waals surface area contributed by atoms with Crippen LogP contribution < -0.4 is 10.1 Å². The second-order valence-electron chi connectivity index (χ2n) is 4.81. The van der Waals surface area contributed by atoms with Crippen molar-refractivity contribution >= 4 is 11.6 Å². The minimum atomic E-state index is -0.259. The molecule has 2 aromatic carbocycles. The number of nitrogens with zero attached hydrogens (tertiary/aromatic N) is 2. The Morgan fingerprint density at radius 2 is 1.52 bits per heavy atom. The molecular weight excluding hydrogens is 290 g/mol. The van der Waals surface area contributed by atoms with Crippen molar-refractivity contribution in [1.82, 2.24) is 9.97 Å². The van der Waals surface area contributed by atoms with Gasteiger partial charge in [0.25, 0.3) is 5.91 Å². The first-order valence-electron chi connectivity index (χ1n) is 7.16. The van der Waals surface area contributed by atoms with Gasteiger partial charge in [-0.05, 0) is 12.1 Å². The highest BCUT2D eigenvalue weighted by Gasteiger charge is 2.05. The standard InChI is InChI=1S/C18H15N3O2/c22-17(13-23-16-9-5-2-6-10-16)21-15-11-19-18(20-12-15)14-7-3-1-4-8-14/h1-12H,13H2,(H,21,22). The van der Waals surface area contributed by atoms with Gasteiger partial charge in [-0.2, -0.15) is 0 Å². The van der Waals surface area contributed by atoms with Crippen LogP contribution in [-0.4, -0.2) is 22.5 Å². The Kier molecular flexibility index (Phi) is 4.59. The largest absolute Gasteiger partial charge is 0.484 e. The van der Waals surface area contributed by atoms with Gasteiger partial charge in [-0.1, -0.05) is 48.5 Å². The SMILES string of the molecule is O=C(COc1ccccc1)Nc1cnc(-c2ccccc2)nc1. The molecule has 0 aliphatic heterocycles. The van der Waals surface area contributed by atoms with Crippen molar-refractivity contribution in [2.75, 3.05) is 11.9 Å². The average Bonchev–Trinajstić information content (AvgIpc) is 2.62. The summed E-state index contributed by atoms with van der Waals surface area (Å²) in [4.78, 5) is 20.4. The number of amides is 1. The Morgan fingerprint density at radius 3 is 2.17 bits per heavy atom. The molecule has 0 atom stereocenters. The van der Waals surface area contributed by atoms with Crippen LogP contribution in [0.5, 0.6) is 5.75 Å². The summed E-state index contributed by atoms with van der Waals surface area (Å²) in [6.45, 7) is -0.0650. The number of benzene rings is 2. The van der Waals surface area contributed by atoms with E-state index >= 15 is 0 Å². The fourth-order valence-electron chi connectivity index (χ4n) is 1.99. The quantitative estimate of drug-likeness (QED) is 0.786. The van der Waals surface area contributed by atoms with Crippen LogP contribution in [0.4, 0.5) is 5.69 Å². The van der Waals surface area contributed by atoms with E-state index in [1.807, 2.05) is 48.5 Å². The third-order valence-electron chi connectivity index (χ3n) is 3.08. The monoisotopic (exact) mass is 305 g/mol. The minimum Gasteiger partial charge on any atom is -0.484 e. The van der Waals surface area contributed by atoms with Crippen molar-refractivity contribution in [2.45, 2.75) is 0 Å². The molecule has 5 nitrogen and oxygen atoms in total. The minimum absolute atomic E-state index is 0.0650. The van der Waals surface area contributed by atoms with Gasteiger partial charge in [0, 0.05) is 5.56 Å². The number of anilines is 1. The van der Waals surface area contributed by atoms with E-state index < -0.39 is 0 Å². The van der Waals surface area contributed by atoms with E-state index in [1.165, 1.54) is 0 Å². The first kappa shape index (κ1) is 14.7. The Balaban J connectivity index is 1.57. The molecule has 0 aliphatic carbocycles. The van der Waals surface area contributed by atoms with Crippen molar-refractivity contribution in [3.8, 4) is 17.1 Å². The van der Waals surface area contributed by atoms with Gasteiger partial charge in [0.05, 0.1) is 18.1 Å². The van der Waals surface area contributed by atoms with E-state index in [0.717, 1.165) is 5.56 Å². The molecule has 1 N–H and O–H groups in total. The summed E-state index contributed by atoms with van der Waals surface area (Å²) in [5.74, 6) is 1.01. The molecule has 1 amide bonds. The van der Waals surface area contributed by atoms with Gasteiger partial charge in [0.15, 0.2) is 12.4 Å². The highest BCUT2D eigenvalue weighted by atomic mass is 16.5. The Bertz CT molecular complexity index is 759. The zero-order chi connectivity index (χ0) is 15.9. The summed E-state index contributed by atoms with van der Waals surface area (Å²) < 4.78 is 5.38. The zero-order valence-electron chi connectivity index (χ0n) is 12.3. The zero-order valence-corrected chi connectivity index (χ0v) is 12.3. The maximum atomic E-state index is 11.8. The maximum Gasteiger partial charge on any atom is 0.262 e. The van der Waals surface area contributed by atoms with Crippen LogP contribution in [0.15, 0.2) is 73.1 Å². The lowest BCUT2D eigenvalue weighted by molar-refractivity contribution is -0.118. The van der Waals surface area contributed by atoms with Gasteiger partial charge in [-0.25, -0.2) is 9.97 Å². The molecule has 1 aromatic heterocycles. The van der Waals surface area contributed by atoms with Crippen LogP contribution in [-0.2, 0) is 4.79 Å². The predicted octanol–water partition coefficient (Wildman–Crippen LogP) is 3.16. The van der Waals surface area contributed by atoms with Crippen LogP contribution in [0.1, 0.15) is 0 Å². The Labute approximate surface area is 134 Å². The molecule has 0 aliphatic rings. The normalized spacial score (nSPS) is 10.1. The second-order valence-corrected chi connectivity index (χ2v) is 4.81. The topological polar surface area (TPSA) is 64.1 Å². The first-order valence-corrected chi connectivity index (χ1v) is 7.16. The Morgan fingerprint density at radius 1 is 0.913 bits per heavy atom. The van der Waals surface area contributed by atoms with E-state index in [1.54, 1.807) is 24.5 Å². The molecule has 3 aromatic rings. The first-order chi connectivity index (χ1) is 11.3. The molecule has 0 radical (unpaired) electrons. The maximum absolute atomic E-state index is 11.8. The van der Waals surface area contributed by atoms with E-state index in [9.17, 15) is 4.79 Å². The number of ether oxygens (including phenoxy) is 1. The lowest BCUT2D eigenvalue weighted by Gasteiger charge is -2.07. The molecule has 0 fully saturated rings. The van der Waals surface area contributed by atoms with Gasteiger partial charge < -0.3 is 10.1 Å². The van der Waals surface area contributed by atoms with Crippen LogP contribution in [0.25, 0.3) is 11.4 Å². The Hall–Kier alpha value is -3.21. The fourth-order valence-corrected chi connectivity index (χ4v) is 1.99. The number of nitrogens with one attached hydrogen (secondary N) is 1. The number of carbonyl (C=O) groups is 1. The number of para-hydroxylation sites is 1. The lowest BCUT2D eigenvalue weighted by atomic mass is 10.2. The van der Waals surface area contributed by atoms with Crippen LogP contribution >= 0.6 is 0 Å². The molecule has 0 bridgehead atoms. The van der Waals surface area contributed by atoms with E-state index in [4.69, 9.17) is 4.74 Å². The molecule has 0 unspecified atom stereocenters. The third-order valence-corrected chi connectivity index (χ3v) is 3.08. The van der Waals surface area contributed by atoms with Crippen molar-refractivity contribution in [3.05, 3.63) is 73.1 Å². The van der Waals surface area contributed by atoms with Crippen molar-refractivity contribution in [3.63, 3.8) is 0 Å². The average molecular weight is 305 g/mol. The lowest BCUT2D eigenvalue weighted by Crippen LogP contribution is -2.20.